The van der Waals surface area contributed by atoms with E-state index < -0.39 is 5.97 Å². The summed E-state index contributed by atoms with van der Waals surface area (Å²) in [6.45, 7) is 1.02. The van der Waals surface area contributed by atoms with Crippen molar-refractivity contribution >= 4 is 17.6 Å². The highest BCUT2D eigenvalue weighted by Gasteiger charge is 2.20. The zero-order valence-corrected chi connectivity index (χ0v) is 15.6. The molecule has 28 heavy (non-hydrogen) atoms. The predicted molar refractivity (Wildman–Crippen MR) is 101 cm³/mol. The number of ether oxygens (including phenoxy) is 3. The maximum Gasteiger partial charge on any atom is 0.360 e. The third kappa shape index (κ3) is 4.40. The number of para-hydroxylation sites is 1. The van der Waals surface area contributed by atoms with Crippen molar-refractivity contribution in [1.29, 1.82) is 0 Å². The molecule has 0 spiro atoms. The number of hydrogen-bond donors (Lipinski definition) is 0. The van der Waals surface area contributed by atoms with Crippen molar-refractivity contribution in [2.45, 2.75) is 6.61 Å². The van der Waals surface area contributed by atoms with E-state index in [0.29, 0.717) is 36.0 Å². The number of oxime groups is 2. The molecular weight excluding hydrogens is 364 g/mol. The lowest BCUT2D eigenvalue weighted by molar-refractivity contribution is -0.132. The minimum atomic E-state index is -0.600. The molecule has 8 heteroatoms. The van der Waals surface area contributed by atoms with Gasteiger partial charge in [-0.15, -0.1) is 0 Å². The highest BCUT2D eigenvalue weighted by atomic mass is 16.7. The van der Waals surface area contributed by atoms with Gasteiger partial charge in [0.15, 0.2) is 12.3 Å². The molecule has 1 aliphatic rings. The number of nitrogens with zero attached hydrogens (tertiary/aromatic N) is 2. The molecule has 2 aromatic rings. The lowest BCUT2D eigenvalue weighted by Crippen LogP contribution is -2.20. The zero-order chi connectivity index (χ0) is 19.8. The molecule has 1 aliphatic heterocycles. The molecule has 0 atom stereocenters. The molecule has 0 radical (unpaired) electrons. The number of rotatable bonds is 7. The van der Waals surface area contributed by atoms with Crippen molar-refractivity contribution in [2.75, 3.05) is 27.4 Å². The average Bonchev–Trinajstić information content (AvgIpc) is 2.76. The fourth-order valence-electron chi connectivity index (χ4n) is 2.62. The van der Waals surface area contributed by atoms with Crippen LogP contribution in [0.2, 0.25) is 0 Å². The molecular formula is C20H20N2O6. The van der Waals surface area contributed by atoms with Gasteiger partial charge in [-0.2, -0.15) is 0 Å². The second-order valence-electron chi connectivity index (χ2n) is 5.63. The van der Waals surface area contributed by atoms with Gasteiger partial charge in [-0.05, 0) is 22.9 Å². The smallest absolute Gasteiger partial charge is 0.360 e. The molecule has 146 valence electrons. The lowest BCUT2D eigenvalue weighted by Gasteiger charge is -2.17. The van der Waals surface area contributed by atoms with Gasteiger partial charge in [-0.1, -0.05) is 41.6 Å². The van der Waals surface area contributed by atoms with Crippen LogP contribution in [0.3, 0.4) is 0 Å². The summed E-state index contributed by atoms with van der Waals surface area (Å²) >= 11 is 0. The van der Waals surface area contributed by atoms with Gasteiger partial charge in [0.2, 0.25) is 0 Å². The number of methoxy groups -OCH3 is 1. The van der Waals surface area contributed by atoms with Crippen molar-refractivity contribution in [3.8, 4) is 5.75 Å². The normalized spacial score (nSPS) is 13.6. The second kappa shape index (κ2) is 9.40. The van der Waals surface area contributed by atoms with Crippen molar-refractivity contribution in [3.05, 3.63) is 65.2 Å². The number of hydrogen-bond acceptors (Lipinski definition) is 8. The first-order chi connectivity index (χ1) is 13.7. The summed E-state index contributed by atoms with van der Waals surface area (Å²) < 4.78 is 16.3. The average molecular weight is 384 g/mol. The van der Waals surface area contributed by atoms with Crippen LogP contribution in [0.25, 0.3) is 0 Å². The second-order valence-corrected chi connectivity index (χ2v) is 5.63. The summed E-state index contributed by atoms with van der Waals surface area (Å²) in [5.74, 6) is 0.341. The minimum Gasteiger partial charge on any atom is -0.488 e. The van der Waals surface area contributed by atoms with Crippen molar-refractivity contribution in [3.63, 3.8) is 0 Å². The van der Waals surface area contributed by atoms with Crippen LogP contribution in [0.4, 0.5) is 0 Å². The lowest BCUT2D eigenvalue weighted by atomic mass is 10.0. The van der Waals surface area contributed by atoms with Gasteiger partial charge in [0.25, 0.3) is 5.90 Å². The highest BCUT2D eigenvalue weighted by Crippen LogP contribution is 2.23. The summed E-state index contributed by atoms with van der Waals surface area (Å²) in [6, 6.07) is 14.6. The zero-order valence-electron chi connectivity index (χ0n) is 15.6. The molecule has 0 saturated heterocycles. The Bertz CT molecular complexity index is 894. The molecule has 0 bridgehead atoms. The van der Waals surface area contributed by atoms with Crippen LogP contribution in [0, 0.1) is 0 Å². The Morgan fingerprint density at radius 2 is 1.89 bits per heavy atom. The molecule has 8 nitrogen and oxygen atoms in total. The first kappa shape index (κ1) is 19.2. The first-order valence-electron chi connectivity index (χ1n) is 8.57. The summed E-state index contributed by atoms with van der Waals surface area (Å²) in [6.07, 6.45) is 0. The molecule has 0 aliphatic carbocycles. The summed E-state index contributed by atoms with van der Waals surface area (Å²) in [5.41, 5.74) is 2.04. The van der Waals surface area contributed by atoms with E-state index in [9.17, 15) is 4.79 Å². The van der Waals surface area contributed by atoms with Crippen LogP contribution in [0.1, 0.15) is 16.7 Å². The van der Waals surface area contributed by atoms with Gasteiger partial charge in [0.05, 0.1) is 12.7 Å². The van der Waals surface area contributed by atoms with E-state index in [0.717, 1.165) is 5.56 Å². The molecule has 0 unspecified atom stereocenters. The topological polar surface area (TPSA) is 87.9 Å². The van der Waals surface area contributed by atoms with E-state index in [-0.39, 0.29) is 12.3 Å². The van der Waals surface area contributed by atoms with E-state index in [4.69, 9.17) is 23.9 Å². The molecule has 2 aromatic carbocycles. The third-order valence-electron chi connectivity index (χ3n) is 3.90. The van der Waals surface area contributed by atoms with Crippen LogP contribution < -0.4 is 4.74 Å². The fourth-order valence-corrected chi connectivity index (χ4v) is 2.62. The first-order valence-corrected chi connectivity index (χ1v) is 8.57. The van der Waals surface area contributed by atoms with Gasteiger partial charge in [-0.25, -0.2) is 4.79 Å². The molecule has 1 heterocycles. The van der Waals surface area contributed by atoms with Crippen molar-refractivity contribution in [1.82, 2.24) is 0 Å². The van der Waals surface area contributed by atoms with Gasteiger partial charge < -0.3 is 23.9 Å². The fraction of sp³-hybridized carbons (Fsp3) is 0.250. The summed E-state index contributed by atoms with van der Waals surface area (Å²) in [4.78, 5) is 22.0. The molecule has 0 amide bonds. The Kier molecular flexibility index (Phi) is 6.46. The van der Waals surface area contributed by atoms with Crippen LogP contribution in [-0.2, 0) is 30.6 Å². The Labute approximate surface area is 162 Å². The van der Waals surface area contributed by atoms with Crippen molar-refractivity contribution in [2.24, 2.45) is 10.3 Å². The Hall–Kier alpha value is -3.55. The van der Waals surface area contributed by atoms with Gasteiger partial charge >= 0.3 is 5.97 Å². The largest absolute Gasteiger partial charge is 0.488 e. The summed E-state index contributed by atoms with van der Waals surface area (Å²) in [7, 11) is 2.65. The maximum atomic E-state index is 12.1. The Morgan fingerprint density at radius 1 is 1.11 bits per heavy atom. The Balaban J connectivity index is 1.86. The SMILES string of the molecule is CO/N=C(/C(=O)OC)c1ccccc1COc1ccccc1C1=NOCCO1. The van der Waals surface area contributed by atoms with E-state index in [1.54, 1.807) is 12.1 Å². The van der Waals surface area contributed by atoms with Gasteiger partial charge in [0.1, 0.15) is 26.1 Å². The quantitative estimate of drug-likeness (QED) is 0.414. The summed E-state index contributed by atoms with van der Waals surface area (Å²) in [5, 5.41) is 7.74. The van der Waals surface area contributed by atoms with Crippen molar-refractivity contribution < 1.29 is 28.7 Å². The standard InChI is InChI=1S/C20H20N2O6/c1-24-20(23)18(21-25-2)15-8-4-3-7-14(15)13-27-17-10-6-5-9-16(17)19-22-28-12-11-26-19/h3-10H,11-13H2,1-2H3/b21-18+. The maximum absolute atomic E-state index is 12.1. The number of benzene rings is 2. The third-order valence-corrected chi connectivity index (χ3v) is 3.90. The number of esters is 1. The van der Waals surface area contributed by atoms with Crippen LogP contribution >= 0.6 is 0 Å². The number of carbonyl (C=O) groups is 1. The van der Waals surface area contributed by atoms with E-state index in [1.807, 2.05) is 36.4 Å². The number of carbonyl (C=O) groups excluding carboxylic acids is 1. The predicted octanol–water partition coefficient (Wildman–Crippen LogP) is 2.50. The Morgan fingerprint density at radius 3 is 2.64 bits per heavy atom. The molecule has 0 fully saturated rings. The highest BCUT2D eigenvalue weighted by molar-refractivity contribution is 6.43. The van der Waals surface area contributed by atoms with Crippen LogP contribution in [0.15, 0.2) is 58.8 Å². The molecule has 0 saturated carbocycles. The van der Waals surface area contributed by atoms with Gasteiger partial charge in [0, 0.05) is 5.56 Å². The molecule has 0 aromatic heterocycles. The van der Waals surface area contributed by atoms with Gasteiger partial charge in [-0.3, -0.25) is 0 Å². The van der Waals surface area contributed by atoms with E-state index >= 15 is 0 Å². The van der Waals surface area contributed by atoms with Crippen LogP contribution in [-0.4, -0.2) is 45.0 Å². The monoisotopic (exact) mass is 384 g/mol. The van der Waals surface area contributed by atoms with E-state index in [2.05, 4.69) is 10.3 Å². The van der Waals surface area contributed by atoms with E-state index in [1.165, 1.54) is 14.2 Å². The minimum absolute atomic E-state index is 0.0610. The molecule has 0 N–H and O–H groups in total. The molecule has 3 rings (SSSR count). The van der Waals surface area contributed by atoms with Crippen LogP contribution in [0.5, 0.6) is 5.75 Å².